The van der Waals surface area contributed by atoms with Gasteiger partial charge in [-0.2, -0.15) is 0 Å². The maximum Gasteiger partial charge on any atom is 0.251 e. The summed E-state index contributed by atoms with van der Waals surface area (Å²) in [6.45, 7) is 3.19. The highest BCUT2D eigenvalue weighted by Gasteiger charge is 2.18. The maximum atomic E-state index is 11.4. The predicted molar refractivity (Wildman–Crippen MR) is 51.3 cm³/mol. The molecule has 1 heterocycles. The van der Waals surface area contributed by atoms with Crippen molar-refractivity contribution in [3.05, 3.63) is 0 Å². The monoisotopic (exact) mass is 185 g/mol. The fourth-order valence-electron chi connectivity index (χ4n) is 1.73. The van der Waals surface area contributed by atoms with Gasteiger partial charge in [0.1, 0.15) is 6.10 Å². The molecule has 76 valence electrons. The molecule has 1 atom stereocenters. The minimum atomic E-state index is -0.834. The average Bonchev–Trinajstić information content (AvgIpc) is 2.02. The number of nitrogens with zero attached hydrogens (tertiary/aromatic N) is 1. The van der Waals surface area contributed by atoms with Crippen LogP contribution in [0.25, 0.3) is 0 Å². The zero-order chi connectivity index (χ0) is 9.68. The van der Waals surface area contributed by atoms with Crippen LogP contribution >= 0.6 is 0 Å². The van der Waals surface area contributed by atoms with Gasteiger partial charge in [0.25, 0.3) is 5.91 Å². The summed E-state index contributed by atoms with van der Waals surface area (Å²) in [5.41, 5.74) is 0. The topological polar surface area (TPSA) is 40.5 Å². The Morgan fingerprint density at radius 2 is 1.62 bits per heavy atom. The summed E-state index contributed by atoms with van der Waals surface area (Å²) in [5, 5.41) is 9.14. The zero-order valence-electron chi connectivity index (χ0n) is 8.33. The first-order valence-electron chi connectivity index (χ1n) is 5.18. The van der Waals surface area contributed by atoms with Crippen LogP contribution in [0, 0.1) is 0 Å². The highest BCUT2D eigenvalue weighted by Crippen LogP contribution is 2.11. The second-order valence-electron chi connectivity index (χ2n) is 3.77. The molecule has 0 aromatic heterocycles. The molecule has 0 unspecified atom stereocenters. The SMILES string of the molecule is C[C@@H](O)C(=O)N1CCCCCCC1. The Balaban J connectivity index is 2.41. The van der Waals surface area contributed by atoms with E-state index in [0.29, 0.717) is 0 Å². The fraction of sp³-hybridized carbons (Fsp3) is 0.900. The lowest BCUT2D eigenvalue weighted by Gasteiger charge is -2.25. The Labute approximate surface area is 79.7 Å². The van der Waals surface area contributed by atoms with Gasteiger partial charge in [-0.15, -0.1) is 0 Å². The fourth-order valence-corrected chi connectivity index (χ4v) is 1.73. The van der Waals surface area contributed by atoms with Crippen molar-refractivity contribution >= 4 is 5.91 Å². The van der Waals surface area contributed by atoms with Gasteiger partial charge in [0.2, 0.25) is 0 Å². The number of aliphatic hydroxyl groups excluding tert-OH is 1. The molecule has 1 saturated heterocycles. The Hall–Kier alpha value is -0.570. The molecule has 0 radical (unpaired) electrons. The van der Waals surface area contributed by atoms with E-state index in [9.17, 15) is 4.79 Å². The third-order valence-electron chi connectivity index (χ3n) is 2.53. The van der Waals surface area contributed by atoms with Gasteiger partial charge in [-0.05, 0) is 19.8 Å². The Morgan fingerprint density at radius 3 is 2.08 bits per heavy atom. The summed E-state index contributed by atoms with van der Waals surface area (Å²) >= 11 is 0. The van der Waals surface area contributed by atoms with Crippen molar-refractivity contribution in [3.8, 4) is 0 Å². The number of hydrogen-bond donors (Lipinski definition) is 1. The van der Waals surface area contributed by atoms with Crippen LogP contribution in [0.3, 0.4) is 0 Å². The van der Waals surface area contributed by atoms with Crippen LogP contribution in [0.5, 0.6) is 0 Å². The van der Waals surface area contributed by atoms with Gasteiger partial charge >= 0.3 is 0 Å². The summed E-state index contributed by atoms with van der Waals surface area (Å²) in [4.78, 5) is 13.2. The quantitative estimate of drug-likeness (QED) is 0.666. The van der Waals surface area contributed by atoms with Crippen molar-refractivity contribution < 1.29 is 9.90 Å². The number of likely N-dealkylation sites (tertiary alicyclic amines) is 1. The smallest absolute Gasteiger partial charge is 0.251 e. The van der Waals surface area contributed by atoms with Gasteiger partial charge in [-0.3, -0.25) is 4.79 Å². The van der Waals surface area contributed by atoms with Crippen molar-refractivity contribution in [1.29, 1.82) is 0 Å². The molecule has 1 amide bonds. The van der Waals surface area contributed by atoms with E-state index in [1.165, 1.54) is 19.3 Å². The van der Waals surface area contributed by atoms with Crippen molar-refractivity contribution in [2.24, 2.45) is 0 Å². The molecule has 1 N–H and O–H groups in total. The lowest BCUT2D eigenvalue weighted by molar-refractivity contribution is -0.139. The van der Waals surface area contributed by atoms with Crippen LogP contribution in [0.1, 0.15) is 39.0 Å². The molecule has 0 saturated carbocycles. The third-order valence-corrected chi connectivity index (χ3v) is 2.53. The van der Waals surface area contributed by atoms with Gasteiger partial charge in [0.15, 0.2) is 0 Å². The van der Waals surface area contributed by atoms with Crippen LogP contribution in [-0.4, -0.2) is 35.1 Å². The van der Waals surface area contributed by atoms with Crippen molar-refractivity contribution in [1.82, 2.24) is 4.90 Å². The average molecular weight is 185 g/mol. The summed E-state index contributed by atoms with van der Waals surface area (Å²) in [5.74, 6) is -0.109. The minimum Gasteiger partial charge on any atom is -0.384 e. The lowest BCUT2D eigenvalue weighted by Crippen LogP contribution is -2.39. The van der Waals surface area contributed by atoms with E-state index < -0.39 is 6.10 Å². The van der Waals surface area contributed by atoms with Gasteiger partial charge in [0, 0.05) is 13.1 Å². The molecule has 0 aromatic rings. The van der Waals surface area contributed by atoms with E-state index in [4.69, 9.17) is 5.11 Å². The second kappa shape index (κ2) is 5.22. The standard InChI is InChI=1S/C10H19NO2/c1-9(12)10(13)11-7-5-3-2-4-6-8-11/h9,12H,2-8H2,1H3/t9-/m1/s1. The highest BCUT2D eigenvalue weighted by molar-refractivity contribution is 5.80. The predicted octanol–water partition coefficient (Wildman–Crippen LogP) is 1.16. The van der Waals surface area contributed by atoms with Crippen LogP contribution in [0.4, 0.5) is 0 Å². The van der Waals surface area contributed by atoms with E-state index in [1.54, 1.807) is 11.8 Å². The first kappa shape index (κ1) is 10.5. The Bertz CT molecular complexity index is 160. The molecule has 3 heteroatoms. The summed E-state index contributed by atoms with van der Waals surface area (Å²) in [7, 11) is 0. The molecule has 1 fully saturated rings. The Kier molecular flexibility index (Phi) is 4.22. The van der Waals surface area contributed by atoms with Crippen LogP contribution < -0.4 is 0 Å². The van der Waals surface area contributed by atoms with Gasteiger partial charge in [-0.25, -0.2) is 0 Å². The van der Waals surface area contributed by atoms with Gasteiger partial charge in [-0.1, -0.05) is 19.3 Å². The summed E-state index contributed by atoms with van der Waals surface area (Å²) < 4.78 is 0. The second-order valence-corrected chi connectivity index (χ2v) is 3.77. The highest BCUT2D eigenvalue weighted by atomic mass is 16.3. The largest absolute Gasteiger partial charge is 0.384 e. The molecule has 0 spiro atoms. The number of aliphatic hydroxyl groups is 1. The third kappa shape index (κ3) is 3.35. The molecule has 0 aromatic carbocycles. The normalized spacial score (nSPS) is 21.8. The number of carbonyl (C=O) groups excluding carboxylic acids is 1. The van der Waals surface area contributed by atoms with E-state index in [2.05, 4.69) is 0 Å². The number of carbonyl (C=O) groups is 1. The number of rotatable bonds is 1. The molecule has 3 nitrogen and oxygen atoms in total. The molecular formula is C10H19NO2. The molecule has 1 aliphatic rings. The molecule has 1 aliphatic heterocycles. The van der Waals surface area contributed by atoms with E-state index in [-0.39, 0.29) is 5.91 Å². The van der Waals surface area contributed by atoms with Gasteiger partial charge in [0.05, 0.1) is 0 Å². The lowest BCUT2D eigenvalue weighted by atomic mass is 10.1. The molecule has 0 bridgehead atoms. The van der Waals surface area contributed by atoms with Gasteiger partial charge < -0.3 is 10.0 Å². The molecular weight excluding hydrogens is 166 g/mol. The molecule has 1 rings (SSSR count). The molecule has 13 heavy (non-hydrogen) atoms. The van der Waals surface area contributed by atoms with E-state index in [1.807, 2.05) is 0 Å². The van der Waals surface area contributed by atoms with Crippen molar-refractivity contribution in [2.75, 3.05) is 13.1 Å². The zero-order valence-corrected chi connectivity index (χ0v) is 8.33. The maximum absolute atomic E-state index is 11.4. The number of amides is 1. The van der Waals surface area contributed by atoms with Crippen LogP contribution in [-0.2, 0) is 4.79 Å². The first-order valence-corrected chi connectivity index (χ1v) is 5.18. The summed E-state index contributed by atoms with van der Waals surface area (Å²) in [6.07, 6.45) is 5.04. The molecule has 0 aliphatic carbocycles. The Morgan fingerprint density at radius 1 is 1.15 bits per heavy atom. The minimum absolute atomic E-state index is 0.109. The van der Waals surface area contributed by atoms with E-state index in [0.717, 1.165) is 25.9 Å². The van der Waals surface area contributed by atoms with Crippen LogP contribution in [0.15, 0.2) is 0 Å². The van der Waals surface area contributed by atoms with Crippen molar-refractivity contribution in [3.63, 3.8) is 0 Å². The first-order chi connectivity index (χ1) is 6.22. The van der Waals surface area contributed by atoms with Crippen molar-refractivity contribution in [2.45, 2.75) is 45.1 Å². The van der Waals surface area contributed by atoms with E-state index >= 15 is 0 Å². The summed E-state index contributed by atoms with van der Waals surface area (Å²) in [6, 6.07) is 0. The van der Waals surface area contributed by atoms with Crippen LogP contribution in [0.2, 0.25) is 0 Å². The number of hydrogen-bond acceptors (Lipinski definition) is 2.